The number of urea groups is 1. The smallest absolute Gasteiger partial charge is 0.376 e. The Bertz CT molecular complexity index is 317. The molecule has 0 unspecified atom stereocenters. The fourth-order valence-electron chi connectivity index (χ4n) is 2.75. The first kappa shape index (κ1) is 14.4. The van der Waals surface area contributed by atoms with E-state index in [0.717, 1.165) is 25.7 Å². The number of hydrogen-bond acceptors (Lipinski definition) is 2. The SMILES string of the molecule is O=C(NCCC(F)(F)F)N1CCC[C@H]1[C@H]1CCCO1. The summed E-state index contributed by atoms with van der Waals surface area (Å²) in [6, 6.07) is -0.379. The molecule has 0 aromatic heterocycles. The summed E-state index contributed by atoms with van der Waals surface area (Å²) in [6.07, 6.45) is -1.49. The molecule has 2 aliphatic heterocycles. The first-order valence-electron chi connectivity index (χ1n) is 6.70. The zero-order chi connectivity index (χ0) is 13.9. The first-order chi connectivity index (χ1) is 8.97. The van der Waals surface area contributed by atoms with Crippen LogP contribution in [0, 0.1) is 0 Å². The summed E-state index contributed by atoms with van der Waals surface area (Å²) in [5.41, 5.74) is 0. The molecule has 2 saturated heterocycles. The molecule has 0 spiro atoms. The average Bonchev–Trinajstić information content (AvgIpc) is 2.97. The van der Waals surface area contributed by atoms with Crippen molar-refractivity contribution in [3.8, 4) is 0 Å². The molecule has 2 aliphatic rings. The second-order valence-corrected chi connectivity index (χ2v) is 5.05. The largest absolute Gasteiger partial charge is 0.390 e. The van der Waals surface area contributed by atoms with E-state index in [1.54, 1.807) is 4.90 Å². The van der Waals surface area contributed by atoms with Crippen LogP contribution in [0.2, 0.25) is 0 Å². The molecule has 0 aromatic carbocycles. The number of amides is 2. The molecule has 2 fully saturated rings. The summed E-state index contributed by atoms with van der Waals surface area (Å²) in [4.78, 5) is 13.5. The summed E-state index contributed by atoms with van der Waals surface area (Å²) in [7, 11) is 0. The molecule has 110 valence electrons. The standard InChI is InChI=1S/C12H19F3N2O2/c13-12(14,15)5-6-16-11(18)17-7-1-3-9(17)10-4-2-8-19-10/h9-10H,1-8H2,(H,16,18)/t9-,10+/m0/s1. The highest BCUT2D eigenvalue weighted by Crippen LogP contribution is 2.27. The molecule has 4 nitrogen and oxygen atoms in total. The summed E-state index contributed by atoms with van der Waals surface area (Å²) < 4.78 is 41.6. The van der Waals surface area contributed by atoms with Gasteiger partial charge in [0.1, 0.15) is 0 Å². The van der Waals surface area contributed by atoms with Crippen LogP contribution in [0.25, 0.3) is 0 Å². The van der Waals surface area contributed by atoms with E-state index < -0.39 is 18.6 Å². The Kier molecular flexibility index (Phi) is 4.54. The van der Waals surface area contributed by atoms with Crippen molar-refractivity contribution in [1.82, 2.24) is 10.2 Å². The minimum Gasteiger partial charge on any atom is -0.376 e. The molecule has 0 radical (unpaired) electrons. The number of carbonyl (C=O) groups excluding carboxylic acids is 1. The second-order valence-electron chi connectivity index (χ2n) is 5.05. The fraction of sp³-hybridized carbons (Fsp3) is 0.917. The number of halogens is 3. The first-order valence-corrected chi connectivity index (χ1v) is 6.70. The van der Waals surface area contributed by atoms with Gasteiger partial charge in [0.25, 0.3) is 0 Å². The molecular formula is C12H19F3N2O2. The van der Waals surface area contributed by atoms with Gasteiger partial charge in [0.05, 0.1) is 18.6 Å². The second kappa shape index (κ2) is 5.98. The normalized spacial score (nSPS) is 27.8. The number of carbonyl (C=O) groups is 1. The van der Waals surface area contributed by atoms with Gasteiger partial charge >= 0.3 is 12.2 Å². The highest BCUT2D eigenvalue weighted by atomic mass is 19.4. The highest BCUT2D eigenvalue weighted by molar-refractivity contribution is 5.74. The molecule has 7 heteroatoms. The van der Waals surface area contributed by atoms with Crippen LogP contribution in [0.5, 0.6) is 0 Å². The lowest BCUT2D eigenvalue weighted by atomic mass is 10.1. The van der Waals surface area contributed by atoms with E-state index in [1.807, 2.05) is 0 Å². The highest BCUT2D eigenvalue weighted by Gasteiger charge is 2.37. The van der Waals surface area contributed by atoms with Gasteiger partial charge in [-0.25, -0.2) is 4.79 Å². The van der Waals surface area contributed by atoms with Crippen LogP contribution in [0.15, 0.2) is 0 Å². The minimum atomic E-state index is -4.23. The zero-order valence-corrected chi connectivity index (χ0v) is 10.7. The van der Waals surface area contributed by atoms with Crippen molar-refractivity contribution in [2.24, 2.45) is 0 Å². The topological polar surface area (TPSA) is 41.6 Å². The minimum absolute atomic E-state index is 0.0217. The molecule has 2 amide bonds. The van der Waals surface area contributed by atoms with E-state index in [2.05, 4.69) is 5.32 Å². The van der Waals surface area contributed by atoms with Crippen molar-refractivity contribution in [3.05, 3.63) is 0 Å². The Morgan fingerprint density at radius 1 is 1.32 bits per heavy atom. The predicted octanol–water partition coefficient (Wildman–Crippen LogP) is 2.29. The Morgan fingerprint density at radius 3 is 2.74 bits per heavy atom. The third-order valence-corrected chi connectivity index (χ3v) is 3.64. The summed E-state index contributed by atoms with van der Waals surface area (Å²) >= 11 is 0. The molecule has 2 atom stereocenters. The molecule has 1 N–H and O–H groups in total. The third-order valence-electron chi connectivity index (χ3n) is 3.64. The van der Waals surface area contributed by atoms with Gasteiger partial charge in [-0.3, -0.25) is 0 Å². The third kappa shape index (κ3) is 3.99. The lowest BCUT2D eigenvalue weighted by Crippen LogP contribution is -2.47. The molecule has 0 saturated carbocycles. The summed E-state index contributed by atoms with van der Waals surface area (Å²) in [6.45, 7) is 0.949. The van der Waals surface area contributed by atoms with Gasteiger partial charge in [0.15, 0.2) is 0 Å². The van der Waals surface area contributed by atoms with Crippen molar-refractivity contribution in [2.75, 3.05) is 19.7 Å². The Hall–Kier alpha value is -0.980. The van der Waals surface area contributed by atoms with Crippen LogP contribution < -0.4 is 5.32 Å². The van der Waals surface area contributed by atoms with Crippen molar-refractivity contribution in [3.63, 3.8) is 0 Å². The zero-order valence-electron chi connectivity index (χ0n) is 10.7. The number of nitrogens with zero attached hydrogens (tertiary/aromatic N) is 1. The van der Waals surface area contributed by atoms with Gasteiger partial charge in [-0.05, 0) is 25.7 Å². The van der Waals surface area contributed by atoms with E-state index in [9.17, 15) is 18.0 Å². The van der Waals surface area contributed by atoms with Crippen LogP contribution in [0.1, 0.15) is 32.1 Å². The van der Waals surface area contributed by atoms with Gasteiger partial charge in [0, 0.05) is 19.7 Å². The summed E-state index contributed by atoms with van der Waals surface area (Å²) in [5, 5.41) is 2.35. The van der Waals surface area contributed by atoms with E-state index in [-0.39, 0.29) is 18.7 Å². The van der Waals surface area contributed by atoms with E-state index in [4.69, 9.17) is 4.74 Å². The molecule has 2 rings (SSSR count). The maximum absolute atomic E-state index is 12.0. The van der Waals surface area contributed by atoms with E-state index in [1.165, 1.54) is 0 Å². The number of ether oxygens (including phenoxy) is 1. The maximum Gasteiger partial charge on any atom is 0.390 e. The van der Waals surface area contributed by atoms with Crippen molar-refractivity contribution >= 4 is 6.03 Å². The van der Waals surface area contributed by atoms with Crippen LogP contribution in [0.4, 0.5) is 18.0 Å². The maximum atomic E-state index is 12.0. The summed E-state index contributed by atoms with van der Waals surface area (Å²) in [5.74, 6) is 0. The van der Waals surface area contributed by atoms with Gasteiger partial charge in [-0.1, -0.05) is 0 Å². The van der Waals surface area contributed by atoms with Crippen LogP contribution in [-0.2, 0) is 4.74 Å². The van der Waals surface area contributed by atoms with Crippen molar-refractivity contribution in [2.45, 2.75) is 50.4 Å². The number of likely N-dealkylation sites (tertiary alicyclic amines) is 1. The number of hydrogen-bond donors (Lipinski definition) is 1. The predicted molar refractivity (Wildman–Crippen MR) is 62.8 cm³/mol. The lowest BCUT2D eigenvalue weighted by Gasteiger charge is -2.29. The van der Waals surface area contributed by atoms with Crippen LogP contribution in [-0.4, -0.2) is 48.9 Å². The molecule has 0 aromatic rings. The Morgan fingerprint density at radius 2 is 2.11 bits per heavy atom. The Labute approximate surface area is 110 Å². The molecule has 19 heavy (non-hydrogen) atoms. The monoisotopic (exact) mass is 280 g/mol. The van der Waals surface area contributed by atoms with Gasteiger partial charge in [-0.15, -0.1) is 0 Å². The van der Waals surface area contributed by atoms with Gasteiger partial charge < -0.3 is 15.0 Å². The average molecular weight is 280 g/mol. The van der Waals surface area contributed by atoms with Crippen molar-refractivity contribution in [1.29, 1.82) is 0 Å². The molecule has 2 heterocycles. The quantitative estimate of drug-likeness (QED) is 0.862. The van der Waals surface area contributed by atoms with Gasteiger partial charge in [0.2, 0.25) is 0 Å². The van der Waals surface area contributed by atoms with Crippen LogP contribution >= 0.6 is 0 Å². The molecule has 0 aliphatic carbocycles. The lowest BCUT2D eigenvalue weighted by molar-refractivity contribution is -0.133. The Balaban J connectivity index is 1.80. The van der Waals surface area contributed by atoms with Gasteiger partial charge in [-0.2, -0.15) is 13.2 Å². The molecule has 0 bridgehead atoms. The van der Waals surface area contributed by atoms with Crippen molar-refractivity contribution < 1.29 is 22.7 Å². The fourth-order valence-corrected chi connectivity index (χ4v) is 2.75. The number of nitrogens with one attached hydrogen (secondary N) is 1. The number of rotatable bonds is 3. The van der Waals surface area contributed by atoms with E-state index in [0.29, 0.717) is 13.2 Å². The molecular weight excluding hydrogens is 261 g/mol. The van der Waals surface area contributed by atoms with Crippen LogP contribution in [0.3, 0.4) is 0 Å². The van der Waals surface area contributed by atoms with E-state index >= 15 is 0 Å². The number of alkyl halides is 3.